The lowest BCUT2D eigenvalue weighted by Crippen LogP contribution is -2.15. The summed E-state index contributed by atoms with van der Waals surface area (Å²) in [6.07, 6.45) is 0. The van der Waals surface area contributed by atoms with Crippen molar-refractivity contribution in [2.24, 2.45) is 0 Å². The minimum absolute atomic E-state index is 0.467. The van der Waals surface area contributed by atoms with Crippen molar-refractivity contribution in [3.05, 3.63) is 53.6 Å². The largest absolute Gasteiger partial charge is 0.478 e. The molecule has 0 aliphatic carbocycles. The number of carboxylic acid groups (broad SMARTS) is 1. The number of aromatic carboxylic acids is 1. The molecule has 11 nitrogen and oxygen atoms in total. The van der Waals surface area contributed by atoms with Gasteiger partial charge in [0.05, 0.1) is 4.90 Å². The highest BCUT2D eigenvalue weighted by Gasteiger charge is 2.23. The first-order valence-corrected chi connectivity index (χ1v) is 9.52. The van der Waals surface area contributed by atoms with Crippen molar-refractivity contribution in [2.45, 2.75) is 4.90 Å². The van der Waals surface area contributed by atoms with Crippen molar-refractivity contribution in [1.82, 2.24) is 0 Å². The second kappa shape index (κ2) is 7.32. The minimum Gasteiger partial charge on any atom is -0.478 e. The van der Waals surface area contributed by atoms with E-state index in [-0.39, 0.29) is 0 Å². The molecule has 0 atom stereocenters. The van der Waals surface area contributed by atoms with E-state index >= 15 is 0 Å². The fraction of sp³-hybridized carbons (Fsp3) is 0. The standard InChI is InChI=1S/C14H10O11S2/c15-13(16)10-7-8(26(18,19)20)5-6-11(10)24-14(17)9-3-1-2-4-12(9)25-27(21,22)23/h1-7H,(H,15,16)(H,18,19,20)(H,21,22,23). The molecule has 0 saturated carbocycles. The lowest BCUT2D eigenvalue weighted by molar-refractivity contribution is 0.0681. The number of ether oxygens (including phenoxy) is 1. The van der Waals surface area contributed by atoms with Gasteiger partial charge in [0.15, 0.2) is 5.75 Å². The van der Waals surface area contributed by atoms with Gasteiger partial charge in [0.25, 0.3) is 10.1 Å². The predicted octanol–water partition coefficient (Wildman–Crippen LogP) is 1.03. The van der Waals surface area contributed by atoms with Crippen LogP contribution in [0.3, 0.4) is 0 Å². The molecule has 0 aliphatic heterocycles. The summed E-state index contributed by atoms with van der Waals surface area (Å²) in [5.41, 5.74) is -1.23. The highest BCUT2D eigenvalue weighted by atomic mass is 32.3. The molecule has 2 aromatic carbocycles. The van der Waals surface area contributed by atoms with E-state index in [9.17, 15) is 26.4 Å². The van der Waals surface area contributed by atoms with Crippen molar-refractivity contribution >= 4 is 32.5 Å². The van der Waals surface area contributed by atoms with Crippen LogP contribution in [-0.4, -0.2) is 43.0 Å². The third-order valence-corrected chi connectivity index (χ3v) is 4.22. The first-order chi connectivity index (χ1) is 12.4. The molecule has 0 heterocycles. The maximum atomic E-state index is 12.2. The number of hydrogen-bond donors (Lipinski definition) is 3. The molecule has 2 aromatic rings. The van der Waals surface area contributed by atoms with Crippen LogP contribution in [0.4, 0.5) is 0 Å². The van der Waals surface area contributed by atoms with Gasteiger partial charge in [0, 0.05) is 0 Å². The van der Waals surface area contributed by atoms with Crippen molar-refractivity contribution in [1.29, 1.82) is 0 Å². The van der Waals surface area contributed by atoms with Gasteiger partial charge in [-0.1, -0.05) is 12.1 Å². The van der Waals surface area contributed by atoms with Gasteiger partial charge >= 0.3 is 22.3 Å². The lowest BCUT2D eigenvalue weighted by atomic mass is 10.2. The van der Waals surface area contributed by atoms with Gasteiger partial charge in [-0.05, 0) is 30.3 Å². The Labute approximate surface area is 152 Å². The second-order valence-corrected chi connectivity index (χ2v) is 7.28. The van der Waals surface area contributed by atoms with Gasteiger partial charge in [-0.15, -0.1) is 0 Å². The van der Waals surface area contributed by atoms with Crippen LogP contribution in [0.2, 0.25) is 0 Å². The highest BCUT2D eigenvalue weighted by molar-refractivity contribution is 7.85. The number of para-hydroxylation sites is 1. The van der Waals surface area contributed by atoms with E-state index in [1.807, 2.05) is 0 Å². The molecule has 3 N–H and O–H groups in total. The Morgan fingerprint density at radius 3 is 2.04 bits per heavy atom. The number of benzene rings is 2. The summed E-state index contributed by atoms with van der Waals surface area (Å²) in [5.74, 6) is -4.08. The van der Waals surface area contributed by atoms with Crippen LogP contribution in [0.5, 0.6) is 11.5 Å². The molecule has 0 aliphatic rings. The van der Waals surface area contributed by atoms with E-state index in [1.54, 1.807) is 0 Å². The zero-order valence-corrected chi connectivity index (χ0v) is 14.6. The van der Waals surface area contributed by atoms with Crippen LogP contribution in [0.25, 0.3) is 0 Å². The molecule has 0 spiro atoms. The molecule has 0 amide bonds. The predicted molar refractivity (Wildman–Crippen MR) is 86.8 cm³/mol. The molecular weight excluding hydrogens is 408 g/mol. The van der Waals surface area contributed by atoms with Gasteiger partial charge < -0.3 is 14.0 Å². The number of rotatable bonds is 6. The number of carboxylic acids is 1. The van der Waals surface area contributed by atoms with Gasteiger partial charge in [0.1, 0.15) is 16.9 Å². The van der Waals surface area contributed by atoms with E-state index in [1.165, 1.54) is 12.1 Å². The normalized spacial score (nSPS) is 11.6. The van der Waals surface area contributed by atoms with E-state index in [4.69, 9.17) is 18.9 Å². The topological polar surface area (TPSA) is 182 Å². The number of carbonyl (C=O) groups is 2. The van der Waals surface area contributed by atoms with Gasteiger partial charge in [-0.3, -0.25) is 9.11 Å². The molecule has 13 heteroatoms. The summed E-state index contributed by atoms with van der Waals surface area (Å²) < 4.78 is 70.6. The monoisotopic (exact) mass is 418 g/mol. The summed E-state index contributed by atoms with van der Waals surface area (Å²) in [7, 11) is -9.65. The Morgan fingerprint density at radius 1 is 0.852 bits per heavy atom. The molecule has 0 radical (unpaired) electrons. The second-order valence-electron chi connectivity index (χ2n) is 4.83. The van der Waals surface area contributed by atoms with Gasteiger partial charge in [-0.25, -0.2) is 9.59 Å². The van der Waals surface area contributed by atoms with Crippen LogP contribution in [0.15, 0.2) is 47.4 Å². The van der Waals surface area contributed by atoms with Crippen molar-refractivity contribution < 1.29 is 49.6 Å². The van der Waals surface area contributed by atoms with Crippen LogP contribution in [-0.2, 0) is 20.5 Å². The first kappa shape index (κ1) is 20.3. The SMILES string of the molecule is O=C(O)c1cc(S(=O)(=O)O)ccc1OC(=O)c1ccccc1OS(=O)(=O)O. The van der Waals surface area contributed by atoms with Crippen LogP contribution in [0.1, 0.15) is 20.7 Å². The molecule has 0 aromatic heterocycles. The van der Waals surface area contributed by atoms with E-state index in [0.29, 0.717) is 6.07 Å². The fourth-order valence-corrected chi connectivity index (χ4v) is 2.78. The number of esters is 1. The summed E-state index contributed by atoms with van der Waals surface area (Å²) in [4.78, 5) is 22.8. The third-order valence-electron chi connectivity index (χ3n) is 2.98. The molecule has 144 valence electrons. The average molecular weight is 418 g/mol. The van der Waals surface area contributed by atoms with Crippen molar-refractivity contribution in [3.63, 3.8) is 0 Å². The third kappa shape index (κ3) is 5.24. The zero-order valence-electron chi connectivity index (χ0n) is 13.0. The van der Waals surface area contributed by atoms with Crippen LogP contribution in [0, 0.1) is 0 Å². The summed E-state index contributed by atoms with van der Waals surface area (Å²) in [5, 5.41) is 9.14. The lowest BCUT2D eigenvalue weighted by Gasteiger charge is -2.11. The molecule has 0 unspecified atom stereocenters. The smallest absolute Gasteiger partial charge is 0.446 e. The number of carbonyl (C=O) groups excluding carboxylic acids is 1. The number of hydrogen-bond acceptors (Lipinski definition) is 8. The molecule has 0 bridgehead atoms. The Bertz CT molecular complexity index is 1120. The molecule has 0 saturated heterocycles. The van der Waals surface area contributed by atoms with Gasteiger partial charge in [-0.2, -0.15) is 16.8 Å². The van der Waals surface area contributed by atoms with E-state index in [0.717, 1.165) is 24.3 Å². The van der Waals surface area contributed by atoms with Gasteiger partial charge in [0.2, 0.25) is 0 Å². The first-order valence-electron chi connectivity index (χ1n) is 6.71. The van der Waals surface area contributed by atoms with Crippen molar-refractivity contribution in [2.75, 3.05) is 0 Å². The van der Waals surface area contributed by atoms with E-state index in [2.05, 4.69) is 4.18 Å². The Morgan fingerprint density at radius 2 is 1.48 bits per heavy atom. The highest BCUT2D eigenvalue weighted by Crippen LogP contribution is 2.26. The Balaban J connectivity index is 2.44. The fourth-order valence-electron chi connectivity index (χ4n) is 1.90. The zero-order chi connectivity index (χ0) is 20.4. The Kier molecular flexibility index (Phi) is 5.51. The molecule has 2 rings (SSSR count). The quantitative estimate of drug-likeness (QED) is 0.346. The Hall–Kier alpha value is -3.00. The molecule has 0 fully saturated rings. The maximum absolute atomic E-state index is 12.2. The minimum atomic E-state index is -4.95. The van der Waals surface area contributed by atoms with Crippen molar-refractivity contribution in [3.8, 4) is 11.5 Å². The summed E-state index contributed by atoms with van der Waals surface area (Å²) in [6, 6.07) is 6.90. The summed E-state index contributed by atoms with van der Waals surface area (Å²) >= 11 is 0. The van der Waals surface area contributed by atoms with Crippen LogP contribution < -0.4 is 8.92 Å². The van der Waals surface area contributed by atoms with E-state index < -0.39 is 60.0 Å². The average Bonchev–Trinajstić information content (AvgIpc) is 2.52. The van der Waals surface area contributed by atoms with Crippen LogP contribution >= 0.6 is 0 Å². The summed E-state index contributed by atoms with van der Waals surface area (Å²) in [6.45, 7) is 0. The molecular formula is C14H10O11S2. The maximum Gasteiger partial charge on any atom is 0.446 e. The molecule has 27 heavy (non-hydrogen) atoms.